The molecule has 1 aliphatic heterocycles. The molecule has 1 heterocycles. The molecule has 3 amide bonds. The van der Waals surface area contributed by atoms with Crippen molar-refractivity contribution in [3.8, 4) is 0 Å². The maximum Gasteiger partial charge on any atom is 0.254 e. The van der Waals surface area contributed by atoms with Crippen molar-refractivity contribution in [1.29, 1.82) is 0 Å². The lowest BCUT2D eigenvalue weighted by atomic mass is 10.1. The second-order valence-corrected chi connectivity index (χ2v) is 9.02. The summed E-state index contributed by atoms with van der Waals surface area (Å²) in [6.07, 6.45) is 7.41. The van der Waals surface area contributed by atoms with E-state index in [4.69, 9.17) is 0 Å². The molecule has 1 unspecified atom stereocenters. The van der Waals surface area contributed by atoms with Gasteiger partial charge in [0.1, 0.15) is 0 Å². The first-order valence-corrected chi connectivity index (χ1v) is 12.0. The largest absolute Gasteiger partial charge is 0.332 e. The second-order valence-electron chi connectivity index (χ2n) is 7.09. The summed E-state index contributed by atoms with van der Waals surface area (Å²) in [6.45, 7) is 2.55. The smallest absolute Gasteiger partial charge is 0.254 e. The molecular formula is C21H29BrN2O3S. The number of fused-ring (bicyclic) bond motifs is 1. The molecule has 28 heavy (non-hydrogen) atoms. The van der Waals surface area contributed by atoms with Crippen LogP contribution in [0.5, 0.6) is 0 Å². The maximum absolute atomic E-state index is 12.8. The van der Waals surface area contributed by atoms with Gasteiger partial charge < -0.3 is 4.90 Å². The van der Waals surface area contributed by atoms with Gasteiger partial charge in [0.15, 0.2) is 0 Å². The van der Waals surface area contributed by atoms with Crippen LogP contribution < -0.4 is 5.32 Å². The molecule has 7 heteroatoms. The van der Waals surface area contributed by atoms with E-state index in [9.17, 15) is 14.4 Å². The molecule has 0 saturated carbocycles. The van der Waals surface area contributed by atoms with Crippen molar-refractivity contribution < 1.29 is 14.4 Å². The number of thioether (sulfide) groups is 1. The SMILES string of the molecule is CC(CCC(=O)NC=O)N1Cc2c(SCCCCCCCBr)cccc2C1=O. The molecule has 1 aliphatic rings. The first kappa shape index (κ1) is 22.9. The van der Waals surface area contributed by atoms with Gasteiger partial charge in [0.25, 0.3) is 5.91 Å². The topological polar surface area (TPSA) is 66.5 Å². The lowest BCUT2D eigenvalue weighted by Crippen LogP contribution is -2.34. The summed E-state index contributed by atoms with van der Waals surface area (Å²) in [5.74, 6) is 0.800. The minimum absolute atomic E-state index is 0.0375. The Morgan fingerprint density at radius 1 is 1.29 bits per heavy atom. The molecular weight excluding hydrogens is 440 g/mol. The van der Waals surface area contributed by atoms with Gasteiger partial charge in [-0.3, -0.25) is 19.7 Å². The third kappa shape index (κ3) is 6.62. The zero-order valence-corrected chi connectivity index (χ0v) is 18.8. The highest BCUT2D eigenvalue weighted by atomic mass is 79.9. The standard InChI is InChI=1S/C21H29BrN2O3S/c1-16(10-11-20(26)23-15-25)24-14-18-17(21(24)27)8-7-9-19(18)28-13-6-4-2-3-5-12-22/h7-9,15-16H,2-6,10-14H2,1H3,(H,23,25,26). The van der Waals surface area contributed by atoms with Crippen molar-refractivity contribution in [3.63, 3.8) is 0 Å². The molecule has 0 spiro atoms. The molecule has 5 nitrogen and oxygen atoms in total. The predicted octanol–water partition coefficient (Wildman–Crippen LogP) is 4.52. The van der Waals surface area contributed by atoms with Crippen molar-refractivity contribution in [1.82, 2.24) is 10.2 Å². The van der Waals surface area contributed by atoms with E-state index in [-0.39, 0.29) is 24.3 Å². The van der Waals surface area contributed by atoms with Crippen molar-refractivity contribution in [3.05, 3.63) is 29.3 Å². The van der Waals surface area contributed by atoms with Crippen LogP contribution in [0.2, 0.25) is 0 Å². The average Bonchev–Trinajstić information content (AvgIpc) is 3.03. The molecule has 1 aromatic rings. The van der Waals surface area contributed by atoms with Gasteiger partial charge in [-0.2, -0.15) is 0 Å². The molecule has 1 atom stereocenters. The lowest BCUT2D eigenvalue weighted by molar-refractivity contribution is -0.125. The zero-order chi connectivity index (χ0) is 20.4. The number of hydrogen-bond acceptors (Lipinski definition) is 4. The fourth-order valence-electron chi connectivity index (χ4n) is 3.36. The summed E-state index contributed by atoms with van der Waals surface area (Å²) in [7, 11) is 0. The van der Waals surface area contributed by atoms with Crippen molar-refractivity contribution >= 4 is 45.9 Å². The number of halogens is 1. The number of unbranched alkanes of at least 4 members (excludes halogenated alkanes) is 4. The van der Waals surface area contributed by atoms with Crippen LogP contribution in [-0.4, -0.2) is 40.2 Å². The summed E-state index contributed by atoms with van der Waals surface area (Å²) < 4.78 is 0. The number of nitrogens with one attached hydrogen (secondary N) is 1. The van der Waals surface area contributed by atoms with Gasteiger partial charge in [-0.05, 0) is 49.6 Å². The Labute approximate surface area is 180 Å². The Kier molecular flexibility index (Phi) is 10.1. The van der Waals surface area contributed by atoms with Gasteiger partial charge in [0.05, 0.1) is 0 Å². The van der Waals surface area contributed by atoms with E-state index in [2.05, 4.69) is 27.3 Å². The van der Waals surface area contributed by atoms with Crippen molar-refractivity contribution in [2.45, 2.75) is 69.4 Å². The Morgan fingerprint density at radius 2 is 2.04 bits per heavy atom. The van der Waals surface area contributed by atoms with Crippen LogP contribution in [0.3, 0.4) is 0 Å². The van der Waals surface area contributed by atoms with E-state index < -0.39 is 0 Å². The van der Waals surface area contributed by atoms with Gasteiger partial charge in [-0.15, -0.1) is 11.8 Å². The number of imide groups is 1. The highest BCUT2D eigenvalue weighted by Gasteiger charge is 2.32. The van der Waals surface area contributed by atoms with Gasteiger partial charge in [0.2, 0.25) is 12.3 Å². The average molecular weight is 469 g/mol. The Hall–Kier alpha value is -1.34. The van der Waals surface area contributed by atoms with E-state index >= 15 is 0 Å². The highest BCUT2D eigenvalue weighted by Crippen LogP contribution is 2.34. The normalized spacial score (nSPS) is 14.1. The molecule has 1 aromatic carbocycles. The molecule has 1 N–H and O–H groups in total. The number of benzene rings is 1. The summed E-state index contributed by atoms with van der Waals surface area (Å²) in [5.41, 5.74) is 1.90. The van der Waals surface area contributed by atoms with E-state index in [1.807, 2.05) is 35.7 Å². The summed E-state index contributed by atoms with van der Waals surface area (Å²) in [5, 5.41) is 3.23. The number of hydrogen-bond donors (Lipinski definition) is 1. The van der Waals surface area contributed by atoms with E-state index in [1.54, 1.807) is 0 Å². The van der Waals surface area contributed by atoms with Crippen molar-refractivity contribution in [2.75, 3.05) is 11.1 Å². The highest BCUT2D eigenvalue weighted by molar-refractivity contribution is 9.09. The number of alkyl halides is 1. The summed E-state index contributed by atoms with van der Waals surface area (Å²) in [4.78, 5) is 37.6. The third-order valence-corrected chi connectivity index (χ3v) is 6.78. The van der Waals surface area contributed by atoms with Crippen LogP contribution in [0.15, 0.2) is 23.1 Å². The zero-order valence-electron chi connectivity index (χ0n) is 16.4. The van der Waals surface area contributed by atoms with Crippen LogP contribution in [0.1, 0.15) is 67.8 Å². The number of nitrogens with zero attached hydrogens (tertiary/aromatic N) is 1. The van der Waals surface area contributed by atoms with E-state index in [0.717, 1.165) is 22.2 Å². The Morgan fingerprint density at radius 3 is 2.79 bits per heavy atom. The molecule has 0 aromatic heterocycles. The molecule has 0 bridgehead atoms. The molecule has 0 radical (unpaired) electrons. The fraction of sp³-hybridized carbons (Fsp3) is 0.571. The molecule has 2 rings (SSSR count). The number of amides is 3. The predicted molar refractivity (Wildman–Crippen MR) is 117 cm³/mol. The van der Waals surface area contributed by atoms with Crippen LogP contribution in [0.4, 0.5) is 0 Å². The van der Waals surface area contributed by atoms with Crippen LogP contribution >= 0.6 is 27.7 Å². The van der Waals surface area contributed by atoms with Gasteiger partial charge in [0, 0.05) is 34.8 Å². The van der Waals surface area contributed by atoms with Gasteiger partial charge >= 0.3 is 0 Å². The summed E-state index contributed by atoms with van der Waals surface area (Å²) >= 11 is 5.30. The fourth-order valence-corrected chi connectivity index (χ4v) is 4.85. The third-order valence-electron chi connectivity index (χ3n) is 5.03. The van der Waals surface area contributed by atoms with E-state index in [0.29, 0.717) is 19.4 Å². The van der Waals surface area contributed by atoms with Crippen LogP contribution in [-0.2, 0) is 16.1 Å². The molecule has 0 fully saturated rings. The minimum Gasteiger partial charge on any atom is -0.332 e. The van der Waals surface area contributed by atoms with Gasteiger partial charge in [-0.25, -0.2) is 0 Å². The van der Waals surface area contributed by atoms with Crippen LogP contribution in [0, 0.1) is 0 Å². The minimum atomic E-state index is -0.307. The molecule has 154 valence electrons. The van der Waals surface area contributed by atoms with Crippen LogP contribution in [0.25, 0.3) is 0 Å². The second kappa shape index (κ2) is 12.3. The van der Waals surface area contributed by atoms with E-state index in [1.165, 1.54) is 37.0 Å². The molecule has 0 saturated heterocycles. The quantitative estimate of drug-likeness (QED) is 0.200. The maximum atomic E-state index is 12.8. The first-order valence-electron chi connectivity index (χ1n) is 9.93. The summed E-state index contributed by atoms with van der Waals surface area (Å²) in [6, 6.07) is 5.91. The Bertz CT molecular complexity index is 684. The van der Waals surface area contributed by atoms with Crippen molar-refractivity contribution in [2.24, 2.45) is 0 Å². The monoisotopic (exact) mass is 468 g/mol. The number of carbonyl (C=O) groups excluding carboxylic acids is 3. The van der Waals surface area contributed by atoms with Gasteiger partial charge in [-0.1, -0.05) is 41.3 Å². The molecule has 0 aliphatic carbocycles. The number of carbonyl (C=O) groups is 3. The first-order chi connectivity index (χ1) is 13.6. The number of rotatable bonds is 13. The Balaban J connectivity index is 1.87. The lowest BCUT2D eigenvalue weighted by Gasteiger charge is -2.24.